The second-order valence-electron chi connectivity index (χ2n) is 3.85. The van der Waals surface area contributed by atoms with Crippen LogP contribution in [0.3, 0.4) is 0 Å². The summed E-state index contributed by atoms with van der Waals surface area (Å²) in [6, 6.07) is 6.74. The molecule has 3 N–H and O–H groups in total. The van der Waals surface area contributed by atoms with Crippen LogP contribution in [0, 0.1) is 0 Å². The standard InChI is InChI=1S/C12H14N4O2S/c1-2-16-11(8-3-5-9(17)6-4-8)14-15-12(16)19-7-10(13)18/h3-6,17H,2,7H2,1H3,(H2,13,18). The molecular weight excluding hydrogens is 264 g/mol. The first-order chi connectivity index (χ1) is 9.11. The third kappa shape index (κ3) is 3.05. The maximum absolute atomic E-state index is 10.8. The highest BCUT2D eigenvalue weighted by Gasteiger charge is 2.13. The predicted molar refractivity (Wildman–Crippen MR) is 72.7 cm³/mol. The Bertz CT molecular complexity index is 580. The number of rotatable bonds is 5. The van der Waals surface area contributed by atoms with Crippen LogP contribution >= 0.6 is 11.8 Å². The van der Waals surface area contributed by atoms with Gasteiger partial charge in [0, 0.05) is 12.1 Å². The molecule has 0 saturated carbocycles. The van der Waals surface area contributed by atoms with E-state index in [1.807, 2.05) is 11.5 Å². The number of carbonyl (C=O) groups excluding carboxylic acids is 1. The quantitative estimate of drug-likeness (QED) is 0.803. The highest BCUT2D eigenvalue weighted by Crippen LogP contribution is 2.24. The minimum absolute atomic E-state index is 0.174. The lowest BCUT2D eigenvalue weighted by Crippen LogP contribution is -2.13. The average molecular weight is 278 g/mol. The van der Waals surface area contributed by atoms with E-state index in [1.54, 1.807) is 24.3 Å². The van der Waals surface area contributed by atoms with Crippen LogP contribution in [0.4, 0.5) is 0 Å². The second-order valence-corrected chi connectivity index (χ2v) is 4.79. The van der Waals surface area contributed by atoms with Crippen molar-refractivity contribution in [2.75, 3.05) is 5.75 Å². The largest absolute Gasteiger partial charge is 0.508 e. The van der Waals surface area contributed by atoms with E-state index in [-0.39, 0.29) is 17.4 Å². The molecule has 0 fully saturated rings. The Kier molecular flexibility index (Phi) is 4.06. The van der Waals surface area contributed by atoms with Crippen LogP contribution in [0.25, 0.3) is 11.4 Å². The summed E-state index contributed by atoms with van der Waals surface area (Å²) < 4.78 is 1.90. The van der Waals surface area contributed by atoms with Gasteiger partial charge in [0.05, 0.1) is 5.75 Å². The van der Waals surface area contributed by atoms with E-state index >= 15 is 0 Å². The monoisotopic (exact) mass is 278 g/mol. The van der Waals surface area contributed by atoms with Crippen molar-refractivity contribution in [1.82, 2.24) is 14.8 Å². The maximum Gasteiger partial charge on any atom is 0.227 e. The Hall–Kier alpha value is -2.02. The van der Waals surface area contributed by atoms with Crippen molar-refractivity contribution in [3.05, 3.63) is 24.3 Å². The molecule has 0 aliphatic carbocycles. The van der Waals surface area contributed by atoms with Gasteiger partial charge in [0.2, 0.25) is 5.91 Å². The molecule has 100 valence electrons. The van der Waals surface area contributed by atoms with E-state index in [9.17, 15) is 9.90 Å². The Balaban J connectivity index is 2.31. The summed E-state index contributed by atoms with van der Waals surface area (Å²) in [6.45, 7) is 2.66. The SMILES string of the molecule is CCn1c(SCC(N)=O)nnc1-c1ccc(O)cc1. The fourth-order valence-corrected chi connectivity index (χ4v) is 2.38. The molecule has 6 nitrogen and oxygen atoms in total. The molecule has 0 radical (unpaired) electrons. The van der Waals surface area contributed by atoms with Crippen molar-refractivity contribution >= 4 is 17.7 Å². The number of amides is 1. The van der Waals surface area contributed by atoms with E-state index < -0.39 is 0 Å². The molecule has 1 aromatic carbocycles. The van der Waals surface area contributed by atoms with Gasteiger partial charge in [0.15, 0.2) is 11.0 Å². The number of hydrogen-bond donors (Lipinski definition) is 2. The second kappa shape index (κ2) is 5.75. The van der Waals surface area contributed by atoms with Crippen molar-refractivity contribution in [3.8, 4) is 17.1 Å². The van der Waals surface area contributed by atoms with Crippen LogP contribution in [0.1, 0.15) is 6.92 Å². The van der Waals surface area contributed by atoms with E-state index in [2.05, 4.69) is 10.2 Å². The first-order valence-electron chi connectivity index (χ1n) is 5.75. The summed E-state index contributed by atoms with van der Waals surface area (Å²) in [5.74, 6) is 0.694. The number of benzene rings is 1. The summed E-state index contributed by atoms with van der Waals surface area (Å²) in [5, 5.41) is 18.1. The summed E-state index contributed by atoms with van der Waals surface area (Å²) in [6.07, 6.45) is 0. The molecule has 0 aliphatic rings. The summed E-state index contributed by atoms with van der Waals surface area (Å²) in [7, 11) is 0. The Labute approximate surface area is 114 Å². The van der Waals surface area contributed by atoms with Crippen molar-refractivity contribution in [2.45, 2.75) is 18.6 Å². The van der Waals surface area contributed by atoms with Gasteiger partial charge in [-0.1, -0.05) is 11.8 Å². The van der Waals surface area contributed by atoms with Gasteiger partial charge < -0.3 is 15.4 Å². The topological polar surface area (TPSA) is 94.0 Å². The van der Waals surface area contributed by atoms with Gasteiger partial charge in [0.1, 0.15) is 5.75 Å². The number of aromatic hydroxyl groups is 1. The number of primary amides is 1. The number of thioether (sulfide) groups is 1. The van der Waals surface area contributed by atoms with Gasteiger partial charge in [-0.15, -0.1) is 10.2 Å². The molecule has 0 atom stereocenters. The van der Waals surface area contributed by atoms with Crippen LogP contribution in [0.5, 0.6) is 5.75 Å². The predicted octanol–water partition coefficient (Wildman–Crippen LogP) is 1.25. The molecule has 1 aromatic heterocycles. The minimum Gasteiger partial charge on any atom is -0.508 e. The lowest BCUT2D eigenvalue weighted by atomic mass is 10.2. The third-order valence-corrected chi connectivity index (χ3v) is 3.49. The fourth-order valence-electron chi connectivity index (χ4n) is 1.64. The average Bonchev–Trinajstić information content (AvgIpc) is 2.80. The van der Waals surface area contributed by atoms with Crippen LogP contribution < -0.4 is 5.73 Å². The zero-order valence-corrected chi connectivity index (χ0v) is 11.2. The number of nitrogens with two attached hydrogens (primary N) is 1. The fraction of sp³-hybridized carbons (Fsp3) is 0.250. The van der Waals surface area contributed by atoms with Crippen LogP contribution in [0.2, 0.25) is 0 Å². The van der Waals surface area contributed by atoms with Crippen LogP contribution in [-0.2, 0) is 11.3 Å². The van der Waals surface area contributed by atoms with Gasteiger partial charge >= 0.3 is 0 Å². The smallest absolute Gasteiger partial charge is 0.227 e. The molecule has 0 unspecified atom stereocenters. The molecule has 1 amide bonds. The molecule has 0 spiro atoms. The lowest BCUT2D eigenvalue weighted by Gasteiger charge is -2.06. The minimum atomic E-state index is -0.387. The van der Waals surface area contributed by atoms with E-state index in [4.69, 9.17) is 5.73 Å². The first kappa shape index (κ1) is 13.4. The molecule has 0 aliphatic heterocycles. The highest BCUT2D eigenvalue weighted by molar-refractivity contribution is 7.99. The molecule has 0 saturated heterocycles. The number of phenols is 1. The van der Waals surface area contributed by atoms with E-state index in [0.717, 1.165) is 5.56 Å². The van der Waals surface area contributed by atoms with E-state index in [1.165, 1.54) is 11.8 Å². The summed E-state index contributed by atoms with van der Waals surface area (Å²) in [5.41, 5.74) is 5.98. The molecule has 1 heterocycles. The Morgan fingerprint density at radius 2 is 2.05 bits per heavy atom. The molecular formula is C12H14N4O2S. The lowest BCUT2D eigenvalue weighted by molar-refractivity contribution is -0.115. The van der Waals surface area contributed by atoms with E-state index in [0.29, 0.717) is 17.5 Å². The van der Waals surface area contributed by atoms with Gasteiger partial charge in [-0.25, -0.2) is 0 Å². The van der Waals surface area contributed by atoms with Gasteiger partial charge in [-0.05, 0) is 31.2 Å². The number of hydrogen-bond acceptors (Lipinski definition) is 5. The maximum atomic E-state index is 10.8. The Morgan fingerprint density at radius 1 is 1.37 bits per heavy atom. The van der Waals surface area contributed by atoms with Crippen LogP contribution in [0.15, 0.2) is 29.4 Å². The van der Waals surface area contributed by atoms with Crippen LogP contribution in [-0.4, -0.2) is 31.5 Å². The van der Waals surface area contributed by atoms with Crippen molar-refractivity contribution in [3.63, 3.8) is 0 Å². The molecule has 2 rings (SSSR count). The summed E-state index contributed by atoms with van der Waals surface area (Å²) >= 11 is 1.26. The molecule has 2 aromatic rings. The summed E-state index contributed by atoms with van der Waals surface area (Å²) in [4.78, 5) is 10.8. The Morgan fingerprint density at radius 3 is 2.63 bits per heavy atom. The van der Waals surface area contributed by atoms with Crippen molar-refractivity contribution < 1.29 is 9.90 Å². The molecule has 19 heavy (non-hydrogen) atoms. The first-order valence-corrected chi connectivity index (χ1v) is 6.74. The number of nitrogens with zero attached hydrogens (tertiary/aromatic N) is 3. The van der Waals surface area contributed by atoms with Crippen molar-refractivity contribution in [2.24, 2.45) is 5.73 Å². The highest BCUT2D eigenvalue weighted by atomic mass is 32.2. The normalized spacial score (nSPS) is 10.6. The van der Waals surface area contributed by atoms with Gasteiger partial charge in [-0.3, -0.25) is 4.79 Å². The third-order valence-electron chi connectivity index (χ3n) is 2.50. The van der Waals surface area contributed by atoms with Gasteiger partial charge in [-0.2, -0.15) is 0 Å². The number of phenolic OH excluding ortho intramolecular Hbond substituents is 1. The zero-order chi connectivity index (χ0) is 13.8. The van der Waals surface area contributed by atoms with Crippen molar-refractivity contribution in [1.29, 1.82) is 0 Å². The zero-order valence-electron chi connectivity index (χ0n) is 10.4. The number of carbonyl (C=O) groups is 1. The number of aromatic nitrogens is 3. The van der Waals surface area contributed by atoms with Gasteiger partial charge in [0.25, 0.3) is 0 Å². The molecule has 7 heteroatoms. The molecule has 0 bridgehead atoms.